The zero-order valence-electron chi connectivity index (χ0n) is 15.0. The van der Waals surface area contributed by atoms with Gasteiger partial charge in [-0.1, -0.05) is 17.7 Å². The Morgan fingerprint density at radius 1 is 1.30 bits per heavy atom. The monoisotopic (exact) mass is 392 g/mol. The Bertz CT molecular complexity index is 825. The van der Waals surface area contributed by atoms with E-state index >= 15 is 0 Å². The van der Waals surface area contributed by atoms with E-state index in [9.17, 15) is 4.39 Å². The summed E-state index contributed by atoms with van der Waals surface area (Å²) in [6.45, 7) is 2.88. The van der Waals surface area contributed by atoms with Gasteiger partial charge in [0, 0.05) is 18.8 Å². The summed E-state index contributed by atoms with van der Waals surface area (Å²) in [6, 6.07) is 10.3. The fourth-order valence-corrected chi connectivity index (χ4v) is 3.08. The minimum absolute atomic E-state index is 0.217. The molecule has 3 N–H and O–H groups in total. The van der Waals surface area contributed by atoms with Gasteiger partial charge >= 0.3 is 0 Å². The Kier molecular flexibility index (Phi) is 6.36. The van der Waals surface area contributed by atoms with E-state index in [1.54, 1.807) is 31.4 Å². The molecule has 27 heavy (non-hydrogen) atoms. The van der Waals surface area contributed by atoms with Crippen molar-refractivity contribution in [1.82, 2.24) is 0 Å². The Hall–Kier alpha value is -2.51. The summed E-state index contributed by atoms with van der Waals surface area (Å²) in [5, 5.41) is 3.42. The molecule has 1 aliphatic rings. The van der Waals surface area contributed by atoms with Gasteiger partial charge in [0.15, 0.2) is 5.96 Å². The Morgan fingerprint density at radius 3 is 2.74 bits per heavy atom. The molecule has 0 spiro atoms. The lowest BCUT2D eigenvalue weighted by Gasteiger charge is -2.29. The van der Waals surface area contributed by atoms with Crippen molar-refractivity contribution < 1.29 is 13.9 Å². The summed E-state index contributed by atoms with van der Waals surface area (Å²) in [5.41, 5.74) is 7.92. The van der Waals surface area contributed by atoms with E-state index in [1.165, 1.54) is 6.07 Å². The Morgan fingerprint density at radius 2 is 2.07 bits per heavy atom. The summed E-state index contributed by atoms with van der Waals surface area (Å²) >= 11 is 6.08. The number of hydrogen-bond acceptors (Lipinski definition) is 4. The molecule has 1 heterocycles. The summed E-state index contributed by atoms with van der Waals surface area (Å²) in [5.74, 6) is 0.528. The normalized spacial score (nSPS) is 14.9. The van der Waals surface area contributed by atoms with E-state index in [1.807, 2.05) is 11.0 Å². The van der Waals surface area contributed by atoms with Crippen molar-refractivity contribution in [2.75, 3.05) is 43.6 Å². The molecule has 2 aromatic carbocycles. The number of rotatable bonds is 5. The first kappa shape index (κ1) is 19.3. The van der Waals surface area contributed by atoms with Crippen LogP contribution >= 0.6 is 11.6 Å². The number of nitrogens with one attached hydrogen (secondary N) is 1. The van der Waals surface area contributed by atoms with Gasteiger partial charge in [0.2, 0.25) is 0 Å². The van der Waals surface area contributed by atoms with Crippen LogP contribution in [0.15, 0.2) is 41.4 Å². The number of benzene rings is 2. The van der Waals surface area contributed by atoms with Crippen molar-refractivity contribution >= 4 is 28.9 Å². The molecule has 6 nitrogen and oxygen atoms in total. The van der Waals surface area contributed by atoms with Crippen molar-refractivity contribution in [3.8, 4) is 5.75 Å². The maximum absolute atomic E-state index is 14.4. The molecule has 0 unspecified atom stereocenters. The second-order valence-electron chi connectivity index (χ2n) is 6.06. The minimum atomic E-state index is -0.266. The van der Waals surface area contributed by atoms with Gasteiger partial charge in [-0.15, -0.1) is 0 Å². The summed E-state index contributed by atoms with van der Waals surface area (Å²) in [6.07, 6.45) is 0. The predicted octanol–water partition coefficient (Wildman–Crippen LogP) is 3.25. The van der Waals surface area contributed by atoms with Crippen LogP contribution in [0, 0.1) is 5.82 Å². The second kappa shape index (κ2) is 8.92. The average molecular weight is 393 g/mol. The van der Waals surface area contributed by atoms with Gasteiger partial charge < -0.3 is 25.4 Å². The molecule has 0 bridgehead atoms. The van der Waals surface area contributed by atoms with Crippen LogP contribution in [0.2, 0.25) is 5.02 Å². The van der Waals surface area contributed by atoms with Gasteiger partial charge in [-0.25, -0.2) is 9.38 Å². The summed E-state index contributed by atoms with van der Waals surface area (Å²) < 4.78 is 24.8. The molecule has 0 amide bonds. The molecular formula is C19H22ClFN4O2. The Balaban J connectivity index is 1.62. The fraction of sp³-hybridized carbons (Fsp3) is 0.316. The van der Waals surface area contributed by atoms with Crippen molar-refractivity contribution in [3.63, 3.8) is 0 Å². The standard InChI is InChI=1S/C19H22ClFN4O2/c1-26-18-5-3-14(11-15(18)20)24-19(22)23-12-13-2-4-17(16(21)10-13)25-6-8-27-9-7-25/h2-5,10-11H,6-9,12H2,1H3,(H3,22,23,24). The number of methoxy groups -OCH3 is 1. The largest absolute Gasteiger partial charge is 0.495 e. The lowest BCUT2D eigenvalue weighted by atomic mass is 10.1. The van der Waals surface area contributed by atoms with Crippen LogP contribution in [-0.2, 0) is 11.3 Å². The predicted molar refractivity (Wildman–Crippen MR) is 106 cm³/mol. The van der Waals surface area contributed by atoms with Crippen LogP contribution in [0.25, 0.3) is 0 Å². The highest BCUT2D eigenvalue weighted by Gasteiger charge is 2.15. The molecule has 2 aromatic rings. The molecule has 144 valence electrons. The number of ether oxygens (including phenoxy) is 2. The topological polar surface area (TPSA) is 72.1 Å². The van der Waals surface area contributed by atoms with Crippen molar-refractivity contribution in [2.24, 2.45) is 10.7 Å². The Labute approximate surface area is 162 Å². The molecular weight excluding hydrogens is 371 g/mol. The van der Waals surface area contributed by atoms with Gasteiger partial charge in [-0.3, -0.25) is 0 Å². The maximum atomic E-state index is 14.4. The molecule has 0 aromatic heterocycles. The third-order valence-electron chi connectivity index (χ3n) is 4.22. The molecule has 1 fully saturated rings. The highest BCUT2D eigenvalue weighted by Crippen LogP contribution is 2.27. The van der Waals surface area contributed by atoms with Gasteiger partial charge in [-0.2, -0.15) is 0 Å². The van der Waals surface area contributed by atoms with Gasteiger partial charge in [0.05, 0.1) is 37.6 Å². The molecule has 1 saturated heterocycles. The smallest absolute Gasteiger partial charge is 0.193 e. The van der Waals surface area contributed by atoms with E-state index in [-0.39, 0.29) is 18.3 Å². The summed E-state index contributed by atoms with van der Waals surface area (Å²) in [4.78, 5) is 6.24. The molecule has 0 saturated carbocycles. The van der Waals surface area contributed by atoms with E-state index < -0.39 is 0 Å². The average Bonchev–Trinajstić information content (AvgIpc) is 2.67. The number of nitrogens with zero attached hydrogens (tertiary/aromatic N) is 2. The highest BCUT2D eigenvalue weighted by atomic mass is 35.5. The van der Waals surface area contributed by atoms with Crippen molar-refractivity contribution in [1.29, 1.82) is 0 Å². The minimum Gasteiger partial charge on any atom is -0.495 e. The van der Waals surface area contributed by atoms with E-state index in [0.29, 0.717) is 48.5 Å². The third kappa shape index (κ3) is 5.02. The highest BCUT2D eigenvalue weighted by molar-refractivity contribution is 6.32. The molecule has 3 rings (SSSR count). The summed E-state index contributed by atoms with van der Waals surface area (Å²) in [7, 11) is 1.55. The maximum Gasteiger partial charge on any atom is 0.193 e. The van der Waals surface area contributed by atoms with Crippen molar-refractivity contribution in [3.05, 3.63) is 52.8 Å². The quantitative estimate of drug-likeness (QED) is 0.603. The molecule has 1 aliphatic heterocycles. The van der Waals surface area contributed by atoms with Crippen LogP contribution < -0.4 is 20.7 Å². The first-order valence-corrected chi connectivity index (χ1v) is 8.96. The molecule has 8 heteroatoms. The van der Waals surface area contributed by atoms with Gasteiger partial charge in [-0.05, 0) is 35.9 Å². The second-order valence-corrected chi connectivity index (χ2v) is 6.47. The van der Waals surface area contributed by atoms with E-state index in [0.717, 1.165) is 5.56 Å². The van der Waals surface area contributed by atoms with Crippen LogP contribution in [-0.4, -0.2) is 39.4 Å². The number of hydrogen-bond donors (Lipinski definition) is 2. The first-order chi connectivity index (χ1) is 13.1. The van der Waals surface area contributed by atoms with Crippen LogP contribution in [0.4, 0.5) is 15.8 Å². The fourth-order valence-electron chi connectivity index (χ4n) is 2.82. The van der Waals surface area contributed by atoms with Crippen LogP contribution in [0.3, 0.4) is 0 Å². The third-order valence-corrected chi connectivity index (χ3v) is 4.52. The van der Waals surface area contributed by atoms with E-state index in [2.05, 4.69) is 10.3 Å². The number of anilines is 2. The molecule has 0 radical (unpaired) electrons. The van der Waals surface area contributed by atoms with Gasteiger partial charge in [0.25, 0.3) is 0 Å². The molecule has 0 atom stereocenters. The number of nitrogens with two attached hydrogens (primary N) is 1. The lowest BCUT2D eigenvalue weighted by molar-refractivity contribution is 0.122. The van der Waals surface area contributed by atoms with Gasteiger partial charge in [0.1, 0.15) is 11.6 Å². The molecule has 0 aliphatic carbocycles. The lowest BCUT2D eigenvalue weighted by Crippen LogP contribution is -2.36. The number of morpholine rings is 1. The van der Waals surface area contributed by atoms with E-state index in [4.69, 9.17) is 26.8 Å². The number of guanidine groups is 1. The zero-order chi connectivity index (χ0) is 19.2. The van der Waals surface area contributed by atoms with Crippen LogP contribution in [0.1, 0.15) is 5.56 Å². The number of halogens is 2. The van der Waals surface area contributed by atoms with Crippen molar-refractivity contribution in [2.45, 2.75) is 6.54 Å². The number of aliphatic imine (C=N–C) groups is 1. The SMILES string of the molecule is COc1ccc(NC(N)=NCc2ccc(N3CCOCC3)c(F)c2)cc1Cl. The van der Waals surface area contributed by atoms with Crippen LogP contribution in [0.5, 0.6) is 5.75 Å². The zero-order valence-corrected chi connectivity index (χ0v) is 15.8. The first-order valence-electron chi connectivity index (χ1n) is 8.58.